The number of hydrogen-bond acceptors (Lipinski definition) is 6. The van der Waals surface area contributed by atoms with E-state index in [1.807, 2.05) is 19.1 Å². The van der Waals surface area contributed by atoms with Crippen molar-refractivity contribution in [3.63, 3.8) is 0 Å². The molecule has 2 aromatic carbocycles. The molecule has 0 spiro atoms. The molecular weight excluding hydrogens is 396 g/mol. The molecule has 0 atom stereocenters. The highest BCUT2D eigenvalue weighted by atomic mass is 32.2. The van der Waals surface area contributed by atoms with Crippen molar-refractivity contribution in [2.24, 2.45) is 0 Å². The zero-order valence-corrected chi connectivity index (χ0v) is 16.7. The number of hydrazine groups is 1. The minimum Gasteiger partial charge on any atom is -0.465 e. The Bertz CT molecular complexity index is 1000. The van der Waals surface area contributed by atoms with Gasteiger partial charge < -0.3 is 4.74 Å². The van der Waals surface area contributed by atoms with E-state index in [4.69, 9.17) is 12.2 Å². The summed E-state index contributed by atoms with van der Waals surface area (Å²) in [4.78, 5) is 37.0. The maximum absolute atomic E-state index is 12.7. The zero-order chi connectivity index (χ0) is 20.3. The molecule has 1 fully saturated rings. The zero-order valence-electron chi connectivity index (χ0n) is 15.1. The van der Waals surface area contributed by atoms with Crippen molar-refractivity contribution >= 4 is 52.2 Å². The van der Waals surface area contributed by atoms with Gasteiger partial charge in [0.2, 0.25) is 0 Å². The first-order valence-electron chi connectivity index (χ1n) is 8.23. The number of carbonyl (C=O) groups is 3. The largest absolute Gasteiger partial charge is 0.465 e. The van der Waals surface area contributed by atoms with Crippen LogP contribution >= 0.6 is 24.0 Å². The van der Waals surface area contributed by atoms with Gasteiger partial charge in [-0.2, -0.15) is 5.01 Å². The minimum atomic E-state index is -0.434. The predicted octanol–water partition coefficient (Wildman–Crippen LogP) is 3.33. The summed E-state index contributed by atoms with van der Waals surface area (Å²) in [6.45, 7) is 1.82. The van der Waals surface area contributed by atoms with Crippen LogP contribution in [0.5, 0.6) is 0 Å². The molecule has 1 aliphatic rings. The lowest BCUT2D eigenvalue weighted by atomic mass is 10.1. The summed E-state index contributed by atoms with van der Waals surface area (Å²) < 4.78 is 4.90. The van der Waals surface area contributed by atoms with Crippen molar-refractivity contribution in [1.82, 2.24) is 10.4 Å². The fraction of sp³-hybridized carbons (Fsp3) is 0.100. The highest BCUT2D eigenvalue weighted by Crippen LogP contribution is 2.31. The molecule has 3 rings (SSSR count). The van der Waals surface area contributed by atoms with E-state index < -0.39 is 17.8 Å². The van der Waals surface area contributed by atoms with Crippen molar-refractivity contribution < 1.29 is 19.1 Å². The van der Waals surface area contributed by atoms with Crippen LogP contribution in [0.4, 0.5) is 0 Å². The predicted molar refractivity (Wildman–Crippen MR) is 111 cm³/mol. The van der Waals surface area contributed by atoms with Crippen LogP contribution < -0.4 is 5.43 Å². The van der Waals surface area contributed by atoms with Gasteiger partial charge in [0.1, 0.15) is 0 Å². The molecule has 1 aliphatic heterocycles. The SMILES string of the molecule is COC(=O)c1ccc(C=C2SC(=S)N(NC(=O)c3ccccc3C)C2=O)cc1. The quantitative estimate of drug-likeness (QED) is 0.472. The van der Waals surface area contributed by atoms with Crippen molar-refractivity contribution in [3.05, 3.63) is 75.7 Å². The molecule has 6 nitrogen and oxygen atoms in total. The number of methoxy groups -OCH3 is 1. The van der Waals surface area contributed by atoms with Crippen LogP contribution in [-0.4, -0.2) is 34.2 Å². The van der Waals surface area contributed by atoms with E-state index in [-0.39, 0.29) is 4.32 Å². The molecule has 0 radical (unpaired) electrons. The molecule has 142 valence electrons. The van der Waals surface area contributed by atoms with Gasteiger partial charge in [-0.05, 0) is 54.5 Å². The number of nitrogens with one attached hydrogen (secondary N) is 1. The average molecular weight is 412 g/mol. The third-order valence-electron chi connectivity index (χ3n) is 4.03. The highest BCUT2D eigenvalue weighted by molar-refractivity contribution is 8.26. The van der Waals surface area contributed by atoms with Gasteiger partial charge in [0, 0.05) is 5.56 Å². The lowest BCUT2D eigenvalue weighted by molar-refractivity contribution is -0.123. The molecular formula is C20H16N2O4S2. The lowest BCUT2D eigenvalue weighted by Gasteiger charge is -2.16. The number of nitrogens with zero attached hydrogens (tertiary/aromatic N) is 1. The number of aryl methyl sites for hydroxylation is 1. The Labute approximate surface area is 171 Å². The van der Waals surface area contributed by atoms with E-state index in [1.54, 1.807) is 42.5 Å². The van der Waals surface area contributed by atoms with Crippen LogP contribution in [0.2, 0.25) is 0 Å². The molecule has 0 unspecified atom stereocenters. The van der Waals surface area contributed by atoms with Crippen LogP contribution in [0.3, 0.4) is 0 Å². The number of ether oxygens (including phenoxy) is 1. The van der Waals surface area contributed by atoms with E-state index in [1.165, 1.54) is 7.11 Å². The molecule has 28 heavy (non-hydrogen) atoms. The normalized spacial score (nSPS) is 15.1. The van der Waals surface area contributed by atoms with Gasteiger partial charge in [-0.25, -0.2) is 4.79 Å². The maximum Gasteiger partial charge on any atom is 0.337 e. The minimum absolute atomic E-state index is 0.240. The highest BCUT2D eigenvalue weighted by Gasteiger charge is 2.33. The first-order chi connectivity index (χ1) is 13.4. The molecule has 8 heteroatoms. The summed E-state index contributed by atoms with van der Waals surface area (Å²) >= 11 is 6.33. The molecule has 1 heterocycles. The smallest absolute Gasteiger partial charge is 0.337 e. The summed E-state index contributed by atoms with van der Waals surface area (Å²) in [6, 6.07) is 13.7. The van der Waals surface area contributed by atoms with Crippen LogP contribution in [0.15, 0.2) is 53.4 Å². The van der Waals surface area contributed by atoms with E-state index in [9.17, 15) is 14.4 Å². The molecule has 1 saturated heterocycles. The number of thioether (sulfide) groups is 1. The number of carbonyl (C=O) groups excluding carboxylic acids is 3. The van der Waals surface area contributed by atoms with Gasteiger partial charge in [-0.3, -0.25) is 15.0 Å². The number of esters is 1. The summed E-state index contributed by atoms with van der Waals surface area (Å²) in [5, 5.41) is 1.07. The Kier molecular flexibility index (Phi) is 5.91. The number of thiocarbonyl (C=S) groups is 1. The average Bonchev–Trinajstić information content (AvgIpc) is 2.95. The molecule has 2 aromatic rings. The van der Waals surface area contributed by atoms with Gasteiger partial charge in [0.25, 0.3) is 11.8 Å². The van der Waals surface area contributed by atoms with Crippen molar-refractivity contribution in [3.8, 4) is 0 Å². The monoisotopic (exact) mass is 412 g/mol. The fourth-order valence-corrected chi connectivity index (χ4v) is 3.72. The van der Waals surface area contributed by atoms with Crippen molar-refractivity contribution in [2.75, 3.05) is 7.11 Å². The van der Waals surface area contributed by atoms with Crippen molar-refractivity contribution in [2.45, 2.75) is 6.92 Å². The number of amides is 2. The Hall–Kier alpha value is -2.97. The second kappa shape index (κ2) is 8.37. The Morgan fingerprint density at radius 3 is 2.46 bits per heavy atom. The second-order valence-electron chi connectivity index (χ2n) is 5.89. The number of hydrogen-bond donors (Lipinski definition) is 1. The fourth-order valence-electron chi connectivity index (χ4n) is 2.54. The Balaban J connectivity index is 1.76. The van der Waals surface area contributed by atoms with Gasteiger partial charge >= 0.3 is 5.97 Å². The summed E-state index contributed by atoms with van der Waals surface area (Å²) in [7, 11) is 1.31. The molecule has 2 amide bonds. The third kappa shape index (κ3) is 4.13. The summed E-state index contributed by atoms with van der Waals surface area (Å²) in [6.07, 6.45) is 1.65. The molecule has 0 bridgehead atoms. The van der Waals surface area contributed by atoms with Crippen molar-refractivity contribution in [1.29, 1.82) is 0 Å². The van der Waals surface area contributed by atoms with E-state index in [0.29, 0.717) is 16.0 Å². The van der Waals surface area contributed by atoms with E-state index in [2.05, 4.69) is 10.2 Å². The topological polar surface area (TPSA) is 75.7 Å². The van der Waals surface area contributed by atoms with Crippen LogP contribution in [0.25, 0.3) is 6.08 Å². The Morgan fingerprint density at radius 1 is 1.14 bits per heavy atom. The van der Waals surface area contributed by atoms with Crippen LogP contribution in [0, 0.1) is 6.92 Å². The van der Waals surface area contributed by atoms with Gasteiger partial charge in [0.15, 0.2) is 4.32 Å². The first kappa shape index (κ1) is 19.8. The lowest BCUT2D eigenvalue weighted by Crippen LogP contribution is -2.45. The van der Waals surface area contributed by atoms with Crippen LogP contribution in [0.1, 0.15) is 31.8 Å². The summed E-state index contributed by atoms with van der Waals surface area (Å²) in [5.41, 5.74) is 4.97. The van der Waals surface area contributed by atoms with E-state index in [0.717, 1.165) is 27.9 Å². The molecule has 0 aromatic heterocycles. The number of benzene rings is 2. The van der Waals surface area contributed by atoms with E-state index >= 15 is 0 Å². The molecule has 0 aliphatic carbocycles. The standard InChI is InChI=1S/C20H16N2O4S2/c1-12-5-3-4-6-15(12)17(23)21-22-18(24)16(28-20(22)27)11-13-7-9-14(10-8-13)19(25)26-2/h3-11H,1-2H3,(H,21,23). The van der Waals surface area contributed by atoms with Gasteiger partial charge in [0.05, 0.1) is 17.6 Å². The number of rotatable bonds is 4. The van der Waals surface area contributed by atoms with Gasteiger partial charge in [-0.1, -0.05) is 42.1 Å². The summed E-state index contributed by atoms with van der Waals surface area (Å²) in [5.74, 6) is -1.25. The van der Waals surface area contributed by atoms with Gasteiger partial charge in [-0.15, -0.1) is 0 Å². The second-order valence-corrected chi connectivity index (χ2v) is 7.56. The molecule has 1 N–H and O–H groups in total. The first-order valence-corrected chi connectivity index (χ1v) is 9.46. The van der Waals surface area contributed by atoms with Crippen LogP contribution in [-0.2, 0) is 9.53 Å². The Morgan fingerprint density at radius 2 is 1.82 bits per heavy atom. The maximum atomic E-state index is 12.7. The third-order valence-corrected chi connectivity index (χ3v) is 5.33. The molecule has 0 saturated carbocycles.